The van der Waals surface area contributed by atoms with Gasteiger partial charge in [0.15, 0.2) is 6.29 Å². The van der Waals surface area contributed by atoms with Crippen LogP contribution in [0.4, 0.5) is 0 Å². The van der Waals surface area contributed by atoms with Crippen molar-refractivity contribution in [2.24, 2.45) is 0 Å². The van der Waals surface area contributed by atoms with Gasteiger partial charge in [-0.25, -0.2) is 4.18 Å². The first-order valence-corrected chi connectivity index (χ1v) is 22.7. The number of rotatable bonds is 35. The largest absolute Gasteiger partial charge is 0.457 e. The highest BCUT2D eigenvalue weighted by Gasteiger charge is 2.48. The Morgan fingerprint density at radius 2 is 1.19 bits per heavy atom. The van der Waals surface area contributed by atoms with Crippen LogP contribution in [-0.4, -0.2) is 97.5 Å². The molecular formula is C45H74O12S. The Morgan fingerprint density at radius 1 is 0.672 bits per heavy atom. The zero-order valence-corrected chi connectivity index (χ0v) is 35.9. The van der Waals surface area contributed by atoms with E-state index in [1.807, 2.05) is 0 Å². The number of aliphatic hydroxyl groups is 3. The molecule has 6 unspecified atom stereocenters. The molecule has 0 spiro atoms. The Hall–Kier alpha value is -2.72. The Morgan fingerprint density at radius 3 is 1.74 bits per heavy atom. The molecule has 1 rings (SSSR count). The van der Waals surface area contributed by atoms with E-state index in [0.29, 0.717) is 13.0 Å². The topological polar surface area (TPSA) is 178 Å². The number of carbonyl (C=O) groups excluding carboxylic acids is 1. The van der Waals surface area contributed by atoms with Crippen LogP contribution in [0.3, 0.4) is 0 Å². The fraction of sp³-hybridized carbons (Fsp3) is 0.667. The molecule has 332 valence electrons. The summed E-state index contributed by atoms with van der Waals surface area (Å²) < 4.78 is 58.9. The van der Waals surface area contributed by atoms with E-state index in [9.17, 15) is 28.5 Å². The molecule has 1 aliphatic heterocycles. The zero-order valence-electron chi connectivity index (χ0n) is 35.1. The van der Waals surface area contributed by atoms with Crippen LogP contribution in [0.1, 0.15) is 129 Å². The minimum atomic E-state index is -5.07. The van der Waals surface area contributed by atoms with Gasteiger partial charge in [-0.2, -0.15) is 8.42 Å². The zero-order chi connectivity index (χ0) is 42.5. The second-order valence-electron chi connectivity index (χ2n) is 14.2. The van der Waals surface area contributed by atoms with Crippen LogP contribution >= 0.6 is 0 Å². The molecular weight excluding hydrogens is 765 g/mol. The highest BCUT2D eigenvalue weighted by atomic mass is 32.3. The predicted octanol–water partition coefficient (Wildman–Crippen LogP) is 8.51. The van der Waals surface area contributed by atoms with Gasteiger partial charge in [0, 0.05) is 13.0 Å². The van der Waals surface area contributed by atoms with Crippen LogP contribution in [0.5, 0.6) is 0 Å². The van der Waals surface area contributed by atoms with E-state index in [4.69, 9.17) is 23.5 Å². The Balaban J connectivity index is 2.51. The lowest BCUT2D eigenvalue weighted by Gasteiger charge is -2.41. The maximum absolute atomic E-state index is 12.8. The molecule has 0 aromatic heterocycles. The number of unbranched alkanes of at least 4 members (excludes halogenated alkanes) is 8. The molecule has 0 amide bonds. The number of ether oxygens (including phenoxy) is 4. The van der Waals surface area contributed by atoms with Gasteiger partial charge in [0.1, 0.15) is 30.5 Å². The summed E-state index contributed by atoms with van der Waals surface area (Å²) in [5.74, 6) is -0.434. The number of aliphatic hydroxyl groups excluding tert-OH is 3. The fourth-order valence-corrected chi connectivity index (χ4v) is 6.30. The van der Waals surface area contributed by atoms with Crippen LogP contribution in [0, 0.1) is 0 Å². The van der Waals surface area contributed by atoms with Crippen molar-refractivity contribution in [2.75, 3.05) is 26.4 Å². The van der Waals surface area contributed by atoms with Crippen molar-refractivity contribution in [3.8, 4) is 0 Å². The third-order valence-electron chi connectivity index (χ3n) is 8.98. The molecule has 0 aliphatic carbocycles. The van der Waals surface area contributed by atoms with Gasteiger partial charge in [0.2, 0.25) is 0 Å². The molecule has 0 aromatic rings. The maximum atomic E-state index is 12.8. The van der Waals surface area contributed by atoms with Crippen LogP contribution in [0.25, 0.3) is 0 Å². The number of carbonyl (C=O) groups is 1. The Bertz CT molecular complexity index is 1340. The van der Waals surface area contributed by atoms with Gasteiger partial charge in [-0.15, -0.1) is 0 Å². The highest BCUT2D eigenvalue weighted by molar-refractivity contribution is 7.80. The summed E-state index contributed by atoms with van der Waals surface area (Å²) in [6.07, 6.45) is 37.7. The second-order valence-corrected chi connectivity index (χ2v) is 15.2. The quantitative estimate of drug-likeness (QED) is 0.0207. The number of allylic oxidation sites excluding steroid dienone is 14. The summed E-state index contributed by atoms with van der Waals surface area (Å²) >= 11 is 0. The molecule has 1 saturated heterocycles. The van der Waals surface area contributed by atoms with E-state index in [1.165, 1.54) is 0 Å². The molecule has 0 saturated carbocycles. The van der Waals surface area contributed by atoms with Crippen molar-refractivity contribution in [1.29, 1.82) is 0 Å². The van der Waals surface area contributed by atoms with Gasteiger partial charge < -0.3 is 34.3 Å². The second kappa shape index (κ2) is 36.2. The molecule has 1 fully saturated rings. The molecule has 4 N–H and O–H groups in total. The van der Waals surface area contributed by atoms with Crippen LogP contribution in [-0.2, 0) is 38.3 Å². The lowest BCUT2D eigenvalue weighted by Crippen LogP contribution is -2.60. The summed E-state index contributed by atoms with van der Waals surface area (Å²) in [7, 11) is -5.07. The lowest BCUT2D eigenvalue weighted by molar-refractivity contribution is -0.301. The van der Waals surface area contributed by atoms with E-state index < -0.39 is 59.8 Å². The molecule has 1 heterocycles. The molecule has 12 nitrogen and oxygen atoms in total. The molecule has 0 bridgehead atoms. The molecule has 1 aliphatic rings. The SMILES string of the molecule is CC/C=C\C/C=C\C/C=C\C/C=C\C/C=C\CCCCOCC(COC1OC(CO)C(O)C(OS(=O)(=O)O)C1O)OC(=O)CCCCCCC/C=C\C/C=C\CCC. The summed E-state index contributed by atoms with van der Waals surface area (Å²) in [6, 6.07) is 0. The maximum Gasteiger partial charge on any atom is 0.397 e. The van der Waals surface area contributed by atoms with E-state index in [-0.39, 0.29) is 19.6 Å². The van der Waals surface area contributed by atoms with Gasteiger partial charge in [0.05, 0.1) is 19.8 Å². The third-order valence-corrected chi connectivity index (χ3v) is 9.45. The average Bonchev–Trinajstić information content (AvgIpc) is 3.19. The number of esters is 1. The Labute approximate surface area is 349 Å². The Kier molecular flexibility index (Phi) is 33.2. The smallest absolute Gasteiger partial charge is 0.397 e. The average molecular weight is 839 g/mol. The van der Waals surface area contributed by atoms with Crippen LogP contribution in [0.15, 0.2) is 85.1 Å². The van der Waals surface area contributed by atoms with Gasteiger partial charge in [0.25, 0.3) is 0 Å². The molecule has 0 radical (unpaired) electrons. The van der Waals surface area contributed by atoms with Gasteiger partial charge in [-0.1, -0.05) is 125 Å². The number of hydrogen-bond donors (Lipinski definition) is 4. The van der Waals surface area contributed by atoms with E-state index in [2.05, 4.69) is 103 Å². The predicted molar refractivity (Wildman–Crippen MR) is 229 cm³/mol. The molecule has 13 heteroatoms. The van der Waals surface area contributed by atoms with E-state index in [1.54, 1.807) is 0 Å². The van der Waals surface area contributed by atoms with E-state index >= 15 is 0 Å². The summed E-state index contributed by atoms with van der Waals surface area (Å²) in [6.45, 7) is 3.65. The first-order valence-electron chi connectivity index (χ1n) is 21.3. The summed E-state index contributed by atoms with van der Waals surface area (Å²) in [5, 5.41) is 30.6. The van der Waals surface area contributed by atoms with Crippen LogP contribution < -0.4 is 0 Å². The van der Waals surface area contributed by atoms with Crippen molar-refractivity contribution in [2.45, 2.75) is 166 Å². The fourth-order valence-electron chi connectivity index (χ4n) is 5.79. The normalized spacial score (nSPS) is 21.4. The molecule has 6 atom stereocenters. The first kappa shape index (κ1) is 53.3. The number of hydrogen-bond acceptors (Lipinski definition) is 11. The molecule has 0 aromatic carbocycles. The van der Waals surface area contributed by atoms with E-state index in [0.717, 1.165) is 103 Å². The monoisotopic (exact) mass is 838 g/mol. The van der Waals surface area contributed by atoms with Crippen molar-refractivity contribution in [3.05, 3.63) is 85.1 Å². The van der Waals surface area contributed by atoms with Gasteiger partial charge in [-0.05, 0) is 83.5 Å². The first-order chi connectivity index (χ1) is 28.1. The standard InChI is InChI=1S/C45H74O12S/c1-3-5-7-9-11-13-15-17-18-19-20-21-23-25-27-29-31-33-35-53-37-39(38-54-45-43(49)44(57-58(50,51)52)42(48)40(36-46)56-45)55-41(47)34-32-30-28-26-24-22-16-14-12-10-8-6-4-2/h5,7-8,10-11,13-14,16-18,20-21,25,27,39-40,42-46,48-49H,3-4,6,9,12,15,19,22-24,26,28-38H2,1-2H3,(H,50,51,52)/b7-5-,10-8-,13-11-,16-14-,18-17-,21-20-,27-25-. The highest BCUT2D eigenvalue weighted by Crippen LogP contribution is 2.26. The van der Waals surface area contributed by atoms with Gasteiger partial charge >= 0.3 is 16.4 Å². The van der Waals surface area contributed by atoms with Crippen molar-refractivity contribution in [3.63, 3.8) is 0 Å². The lowest BCUT2D eigenvalue weighted by atomic mass is 9.99. The summed E-state index contributed by atoms with van der Waals surface area (Å²) in [4.78, 5) is 12.8. The van der Waals surface area contributed by atoms with Crippen molar-refractivity contribution >= 4 is 16.4 Å². The minimum absolute atomic E-state index is 0.00482. The van der Waals surface area contributed by atoms with Gasteiger partial charge in [-0.3, -0.25) is 9.35 Å². The van der Waals surface area contributed by atoms with Crippen LogP contribution in [0.2, 0.25) is 0 Å². The molecule has 58 heavy (non-hydrogen) atoms. The summed E-state index contributed by atoms with van der Waals surface area (Å²) in [5.41, 5.74) is 0. The third kappa shape index (κ3) is 29.5. The van der Waals surface area contributed by atoms with Crippen molar-refractivity contribution < 1.29 is 56.2 Å². The minimum Gasteiger partial charge on any atom is -0.457 e. The van der Waals surface area contributed by atoms with Crippen molar-refractivity contribution in [1.82, 2.24) is 0 Å².